The van der Waals surface area contributed by atoms with Gasteiger partial charge in [0, 0.05) is 6.54 Å². The molecule has 0 amide bonds. The molecule has 1 heteroatoms. The fraction of sp³-hybridized carbons (Fsp3) is 0.538. The maximum Gasteiger partial charge on any atom is 0.00174 e. The molecular weight excluding hydrogens is 170 g/mol. The number of hydrogen-bond donors (Lipinski definition) is 1. The van der Waals surface area contributed by atoms with E-state index in [0.717, 1.165) is 13.1 Å². The van der Waals surface area contributed by atoms with Crippen molar-refractivity contribution in [3.05, 3.63) is 35.4 Å². The Balaban J connectivity index is 2.47. The van der Waals surface area contributed by atoms with E-state index in [-0.39, 0.29) is 0 Å². The van der Waals surface area contributed by atoms with E-state index in [1.807, 2.05) is 0 Å². The van der Waals surface area contributed by atoms with Crippen molar-refractivity contribution in [2.24, 2.45) is 0 Å². The Kier molecular flexibility index (Phi) is 4.68. The Labute approximate surface area is 87.5 Å². The smallest absolute Gasteiger partial charge is 0.00174 e. The fourth-order valence-corrected chi connectivity index (χ4v) is 1.59. The summed E-state index contributed by atoms with van der Waals surface area (Å²) in [7, 11) is 0. The van der Waals surface area contributed by atoms with Crippen LogP contribution < -0.4 is 5.32 Å². The monoisotopic (exact) mass is 191 g/mol. The molecule has 78 valence electrons. The van der Waals surface area contributed by atoms with Crippen molar-refractivity contribution in [2.75, 3.05) is 13.1 Å². The molecule has 0 spiro atoms. The number of benzene rings is 1. The molecule has 1 unspecified atom stereocenters. The van der Waals surface area contributed by atoms with Gasteiger partial charge in [-0.05, 0) is 31.4 Å². The molecule has 0 saturated heterocycles. The van der Waals surface area contributed by atoms with E-state index in [9.17, 15) is 0 Å². The van der Waals surface area contributed by atoms with Gasteiger partial charge in [0.25, 0.3) is 0 Å². The Bertz CT molecular complexity index is 268. The summed E-state index contributed by atoms with van der Waals surface area (Å²) in [6.07, 6.45) is 1.21. The predicted octanol–water partition coefficient (Wildman–Crippen LogP) is 3.10. The highest BCUT2D eigenvalue weighted by Gasteiger charge is 2.03. The molecule has 0 heterocycles. The van der Waals surface area contributed by atoms with Gasteiger partial charge in [-0.1, -0.05) is 43.7 Å². The van der Waals surface area contributed by atoms with Crippen LogP contribution in [0.5, 0.6) is 0 Å². The summed E-state index contributed by atoms with van der Waals surface area (Å²) in [6, 6.07) is 8.78. The summed E-state index contributed by atoms with van der Waals surface area (Å²) in [5.74, 6) is 0.612. The summed E-state index contributed by atoms with van der Waals surface area (Å²) in [4.78, 5) is 0. The second-order valence-electron chi connectivity index (χ2n) is 4.02. The third-order valence-corrected chi connectivity index (χ3v) is 2.49. The molecule has 1 aromatic rings. The maximum atomic E-state index is 3.45. The number of hydrogen-bond acceptors (Lipinski definition) is 1. The minimum atomic E-state index is 0.612. The van der Waals surface area contributed by atoms with Gasteiger partial charge in [0.1, 0.15) is 0 Å². The molecule has 1 N–H and O–H groups in total. The second-order valence-corrected chi connectivity index (χ2v) is 4.02. The first kappa shape index (κ1) is 11.3. The molecule has 0 radical (unpaired) electrons. The molecule has 0 aliphatic carbocycles. The van der Waals surface area contributed by atoms with Crippen LogP contribution in [0.4, 0.5) is 0 Å². The number of rotatable bonds is 5. The molecular formula is C13H21N. The zero-order valence-corrected chi connectivity index (χ0v) is 9.51. The molecule has 1 atom stereocenters. The summed E-state index contributed by atoms with van der Waals surface area (Å²) in [5.41, 5.74) is 2.79. The van der Waals surface area contributed by atoms with Crippen LogP contribution in [-0.2, 0) is 0 Å². The number of aryl methyl sites for hydroxylation is 1. The van der Waals surface area contributed by atoms with Crippen LogP contribution in [0.25, 0.3) is 0 Å². The SMILES string of the molecule is CCCNCC(C)c1cccc(C)c1. The van der Waals surface area contributed by atoms with E-state index >= 15 is 0 Å². The summed E-state index contributed by atoms with van der Waals surface area (Å²) >= 11 is 0. The first-order valence-electron chi connectivity index (χ1n) is 5.51. The molecule has 1 rings (SSSR count). The van der Waals surface area contributed by atoms with Crippen molar-refractivity contribution < 1.29 is 0 Å². The van der Waals surface area contributed by atoms with Crippen LogP contribution in [0.15, 0.2) is 24.3 Å². The van der Waals surface area contributed by atoms with Gasteiger partial charge in [-0.2, -0.15) is 0 Å². The zero-order valence-electron chi connectivity index (χ0n) is 9.51. The highest BCUT2D eigenvalue weighted by molar-refractivity contribution is 5.25. The molecule has 14 heavy (non-hydrogen) atoms. The van der Waals surface area contributed by atoms with Crippen molar-refractivity contribution >= 4 is 0 Å². The molecule has 1 nitrogen and oxygen atoms in total. The average Bonchev–Trinajstić information content (AvgIpc) is 2.18. The quantitative estimate of drug-likeness (QED) is 0.705. The van der Waals surface area contributed by atoms with Crippen molar-refractivity contribution in [2.45, 2.75) is 33.1 Å². The van der Waals surface area contributed by atoms with Crippen molar-refractivity contribution in [3.63, 3.8) is 0 Å². The van der Waals surface area contributed by atoms with Gasteiger partial charge in [-0.15, -0.1) is 0 Å². The third-order valence-electron chi connectivity index (χ3n) is 2.49. The summed E-state index contributed by atoms with van der Waals surface area (Å²) < 4.78 is 0. The van der Waals surface area contributed by atoms with E-state index in [1.54, 1.807) is 0 Å². The van der Waals surface area contributed by atoms with Gasteiger partial charge in [-0.25, -0.2) is 0 Å². The lowest BCUT2D eigenvalue weighted by molar-refractivity contribution is 0.609. The summed E-state index contributed by atoms with van der Waals surface area (Å²) in [5, 5.41) is 3.45. The van der Waals surface area contributed by atoms with E-state index in [0.29, 0.717) is 5.92 Å². The lowest BCUT2D eigenvalue weighted by atomic mass is 9.99. The van der Waals surface area contributed by atoms with Crippen molar-refractivity contribution in [1.82, 2.24) is 5.32 Å². The molecule has 0 aromatic heterocycles. The van der Waals surface area contributed by atoms with E-state index in [4.69, 9.17) is 0 Å². The van der Waals surface area contributed by atoms with Crippen LogP contribution in [0.1, 0.15) is 37.3 Å². The van der Waals surface area contributed by atoms with Crippen LogP contribution >= 0.6 is 0 Å². The normalized spacial score (nSPS) is 12.8. The molecule has 1 aromatic carbocycles. The minimum absolute atomic E-state index is 0.612. The maximum absolute atomic E-state index is 3.45. The fourth-order valence-electron chi connectivity index (χ4n) is 1.59. The molecule has 0 aliphatic heterocycles. The predicted molar refractivity (Wildman–Crippen MR) is 62.8 cm³/mol. The van der Waals surface area contributed by atoms with Gasteiger partial charge in [0.15, 0.2) is 0 Å². The topological polar surface area (TPSA) is 12.0 Å². The second kappa shape index (κ2) is 5.82. The Morgan fingerprint density at radius 2 is 2.14 bits per heavy atom. The number of nitrogens with one attached hydrogen (secondary N) is 1. The Morgan fingerprint density at radius 1 is 1.36 bits per heavy atom. The van der Waals surface area contributed by atoms with Crippen molar-refractivity contribution in [3.8, 4) is 0 Å². The summed E-state index contributed by atoms with van der Waals surface area (Å²) in [6.45, 7) is 8.82. The van der Waals surface area contributed by atoms with Crippen LogP contribution in [0.3, 0.4) is 0 Å². The average molecular weight is 191 g/mol. The van der Waals surface area contributed by atoms with Crippen LogP contribution in [0, 0.1) is 6.92 Å². The highest BCUT2D eigenvalue weighted by Crippen LogP contribution is 2.15. The first-order valence-corrected chi connectivity index (χ1v) is 5.51. The highest BCUT2D eigenvalue weighted by atomic mass is 14.8. The van der Waals surface area contributed by atoms with Gasteiger partial charge < -0.3 is 5.32 Å². The zero-order chi connectivity index (χ0) is 10.4. The molecule has 0 saturated carbocycles. The van der Waals surface area contributed by atoms with Crippen LogP contribution in [0.2, 0.25) is 0 Å². The van der Waals surface area contributed by atoms with Crippen molar-refractivity contribution in [1.29, 1.82) is 0 Å². The van der Waals surface area contributed by atoms with Gasteiger partial charge >= 0.3 is 0 Å². The van der Waals surface area contributed by atoms with Crippen LogP contribution in [-0.4, -0.2) is 13.1 Å². The van der Waals surface area contributed by atoms with Gasteiger partial charge in [-0.3, -0.25) is 0 Å². The lowest BCUT2D eigenvalue weighted by Crippen LogP contribution is -2.20. The largest absolute Gasteiger partial charge is 0.316 e. The van der Waals surface area contributed by atoms with E-state index < -0.39 is 0 Å². The van der Waals surface area contributed by atoms with Gasteiger partial charge in [0.2, 0.25) is 0 Å². The Morgan fingerprint density at radius 3 is 2.79 bits per heavy atom. The minimum Gasteiger partial charge on any atom is -0.316 e. The van der Waals surface area contributed by atoms with Gasteiger partial charge in [0.05, 0.1) is 0 Å². The molecule has 0 bridgehead atoms. The third kappa shape index (κ3) is 3.51. The lowest BCUT2D eigenvalue weighted by Gasteiger charge is -2.13. The standard InChI is InChI=1S/C13H21N/c1-4-8-14-10-12(3)13-7-5-6-11(2)9-13/h5-7,9,12,14H,4,8,10H2,1-3H3. The van der Waals surface area contributed by atoms with E-state index in [2.05, 4.69) is 50.4 Å². The van der Waals surface area contributed by atoms with E-state index in [1.165, 1.54) is 17.5 Å². The first-order chi connectivity index (χ1) is 6.74. The Hall–Kier alpha value is -0.820. The molecule has 0 aliphatic rings. The molecule has 0 fully saturated rings.